The minimum absolute atomic E-state index is 0.134. The first-order valence-corrected chi connectivity index (χ1v) is 7.27. The molecule has 1 aliphatic rings. The second-order valence-corrected chi connectivity index (χ2v) is 5.13. The van der Waals surface area contributed by atoms with E-state index >= 15 is 0 Å². The topological polar surface area (TPSA) is 84.3 Å². The van der Waals surface area contributed by atoms with E-state index in [1.807, 2.05) is 6.92 Å². The molecule has 0 atom stereocenters. The number of carboxylic acids is 1. The van der Waals surface area contributed by atoms with E-state index in [0.29, 0.717) is 30.0 Å². The van der Waals surface area contributed by atoms with Gasteiger partial charge in [0.2, 0.25) is 5.95 Å². The zero-order valence-electron chi connectivity index (χ0n) is 12.2. The number of aromatic carboxylic acids is 1. The molecule has 114 valence electrons. The van der Waals surface area contributed by atoms with Gasteiger partial charge in [0.05, 0.1) is 12.3 Å². The van der Waals surface area contributed by atoms with Crippen molar-refractivity contribution in [3.63, 3.8) is 0 Å². The molecule has 1 saturated carbocycles. The smallest absolute Gasteiger partial charge is 0.339 e. The number of rotatable bonds is 6. The quantitative estimate of drug-likeness (QED) is 0.853. The van der Waals surface area contributed by atoms with Gasteiger partial charge in [-0.2, -0.15) is 0 Å². The zero-order valence-corrected chi connectivity index (χ0v) is 12.2. The fourth-order valence-corrected chi connectivity index (χ4v) is 2.14. The number of hydrogen-bond acceptors (Lipinski definition) is 5. The molecule has 0 amide bonds. The number of carboxylic acid groups (broad SMARTS) is 1. The molecule has 1 heterocycles. The van der Waals surface area contributed by atoms with E-state index in [2.05, 4.69) is 15.3 Å². The van der Waals surface area contributed by atoms with E-state index in [1.165, 1.54) is 0 Å². The molecule has 1 aromatic carbocycles. The minimum Gasteiger partial charge on any atom is -0.493 e. The number of nitrogens with one attached hydrogen (secondary N) is 1. The summed E-state index contributed by atoms with van der Waals surface area (Å²) in [5, 5.41) is 12.6. The van der Waals surface area contributed by atoms with Gasteiger partial charge >= 0.3 is 5.97 Å². The van der Waals surface area contributed by atoms with Crippen molar-refractivity contribution in [3.05, 3.63) is 36.0 Å². The highest BCUT2D eigenvalue weighted by Gasteiger charge is 2.22. The van der Waals surface area contributed by atoms with Crippen LogP contribution in [0.5, 0.6) is 5.75 Å². The molecule has 2 N–H and O–H groups in total. The lowest BCUT2D eigenvalue weighted by molar-refractivity contribution is 0.0692. The molecule has 2 aromatic rings. The standard InChI is InChI=1S/C16H17N3O3/c1-2-22-14-6-3-10(9-12(14)15(20)21)13-7-8-17-16(19-13)18-11-4-5-11/h3,6-9,11H,2,4-5H2,1H3,(H,20,21)(H,17,18,19). The van der Waals surface area contributed by atoms with Gasteiger partial charge in [0.25, 0.3) is 0 Å². The summed E-state index contributed by atoms with van der Waals surface area (Å²) < 4.78 is 5.35. The van der Waals surface area contributed by atoms with Crippen LogP contribution in [0, 0.1) is 0 Å². The summed E-state index contributed by atoms with van der Waals surface area (Å²) in [7, 11) is 0. The molecule has 0 bridgehead atoms. The number of benzene rings is 1. The number of ether oxygens (including phenoxy) is 1. The molecule has 0 aliphatic heterocycles. The second kappa shape index (κ2) is 6.01. The first-order chi connectivity index (χ1) is 10.7. The number of aromatic nitrogens is 2. The maximum absolute atomic E-state index is 11.4. The van der Waals surface area contributed by atoms with Gasteiger partial charge in [-0.15, -0.1) is 0 Å². The summed E-state index contributed by atoms with van der Waals surface area (Å²) in [6.07, 6.45) is 3.95. The Kier molecular flexibility index (Phi) is 3.91. The summed E-state index contributed by atoms with van der Waals surface area (Å²) in [5.41, 5.74) is 1.54. The monoisotopic (exact) mass is 299 g/mol. The van der Waals surface area contributed by atoms with Crippen molar-refractivity contribution in [1.82, 2.24) is 9.97 Å². The molecule has 22 heavy (non-hydrogen) atoms. The van der Waals surface area contributed by atoms with E-state index in [9.17, 15) is 9.90 Å². The molecular formula is C16H17N3O3. The number of carbonyl (C=O) groups is 1. The average Bonchev–Trinajstić information content (AvgIpc) is 3.32. The lowest BCUT2D eigenvalue weighted by atomic mass is 10.1. The molecule has 0 spiro atoms. The molecule has 1 fully saturated rings. The third-order valence-electron chi connectivity index (χ3n) is 3.37. The van der Waals surface area contributed by atoms with Crippen LogP contribution in [-0.2, 0) is 0 Å². The molecule has 6 heteroatoms. The van der Waals surface area contributed by atoms with Crippen LogP contribution in [0.4, 0.5) is 5.95 Å². The van der Waals surface area contributed by atoms with Gasteiger partial charge in [0.1, 0.15) is 11.3 Å². The van der Waals surface area contributed by atoms with Crippen LogP contribution in [0.1, 0.15) is 30.1 Å². The van der Waals surface area contributed by atoms with E-state index in [0.717, 1.165) is 18.4 Å². The van der Waals surface area contributed by atoms with Crippen LogP contribution < -0.4 is 10.1 Å². The van der Waals surface area contributed by atoms with Gasteiger partial charge in [0.15, 0.2) is 0 Å². The fraction of sp³-hybridized carbons (Fsp3) is 0.312. The third kappa shape index (κ3) is 3.16. The molecule has 0 radical (unpaired) electrons. The van der Waals surface area contributed by atoms with Crippen molar-refractivity contribution in [2.24, 2.45) is 0 Å². The maximum atomic E-state index is 11.4. The molecular weight excluding hydrogens is 282 g/mol. The normalized spacial score (nSPS) is 13.7. The fourth-order valence-electron chi connectivity index (χ4n) is 2.14. The first kappa shape index (κ1) is 14.3. The average molecular weight is 299 g/mol. The summed E-state index contributed by atoms with van der Waals surface area (Å²) in [4.78, 5) is 20.0. The summed E-state index contributed by atoms with van der Waals surface area (Å²) in [6.45, 7) is 2.24. The maximum Gasteiger partial charge on any atom is 0.339 e. The minimum atomic E-state index is -1.02. The summed E-state index contributed by atoms with van der Waals surface area (Å²) in [5.74, 6) is -0.0782. The van der Waals surface area contributed by atoms with Gasteiger partial charge in [-0.1, -0.05) is 0 Å². The van der Waals surface area contributed by atoms with Crippen molar-refractivity contribution in [2.45, 2.75) is 25.8 Å². The second-order valence-electron chi connectivity index (χ2n) is 5.13. The third-order valence-corrected chi connectivity index (χ3v) is 3.37. The van der Waals surface area contributed by atoms with Gasteiger partial charge < -0.3 is 15.2 Å². The van der Waals surface area contributed by atoms with Gasteiger partial charge in [-0.25, -0.2) is 14.8 Å². The molecule has 0 saturated heterocycles. The van der Waals surface area contributed by atoms with Crippen molar-refractivity contribution >= 4 is 11.9 Å². The van der Waals surface area contributed by atoms with Crippen LogP contribution >= 0.6 is 0 Å². The summed E-state index contributed by atoms with van der Waals surface area (Å²) in [6, 6.07) is 7.28. The Hall–Kier alpha value is -2.63. The Morgan fingerprint density at radius 3 is 2.91 bits per heavy atom. The van der Waals surface area contributed by atoms with Gasteiger partial charge in [-0.3, -0.25) is 0 Å². The highest BCUT2D eigenvalue weighted by atomic mass is 16.5. The van der Waals surface area contributed by atoms with E-state index < -0.39 is 5.97 Å². The predicted molar refractivity (Wildman–Crippen MR) is 82.2 cm³/mol. The van der Waals surface area contributed by atoms with Crippen LogP contribution in [0.15, 0.2) is 30.5 Å². The molecule has 1 aliphatic carbocycles. The van der Waals surface area contributed by atoms with E-state index in [4.69, 9.17) is 4.74 Å². The lowest BCUT2D eigenvalue weighted by Crippen LogP contribution is -2.06. The Labute approximate surface area is 128 Å². The Bertz CT molecular complexity index is 699. The van der Waals surface area contributed by atoms with E-state index in [-0.39, 0.29) is 5.56 Å². The number of nitrogens with zero attached hydrogens (tertiary/aromatic N) is 2. The van der Waals surface area contributed by atoms with Gasteiger partial charge in [0, 0.05) is 17.8 Å². The number of anilines is 1. The zero-order chi connectivity index (χ0) is 15.5. The molecule has 6 nitrogen and oxygen atoms in total. The summed E-state index contributed by atoms with van der Waals surface area (Å²) >= 11 is 0. The van der Waals surface area contributed by atoms with Gasteiger partial charge in [-0.05, 0) is 44.0 Å². The van der Waals surface area contributed by atoms with Crippen molar-refractivity contribution < 1.29 is 14.6 Å². The van der Waals surface area contributed by atoms with Crippen molar-refractivity contribution in [3.8, 4) is 17.0 Å². The van der Waals surface area contributed by atoms with Crippen LogP contribution in [0.2, 0.25) is 0 Å². The Balaban J connectivity index is 1.93. The Morgan fingerprint density at radius 2 is 2.23 bits per heavy atom. The molecule has 3 rings (SSSR count). The van der Waals surface area contributed by atoms with Crippen LogP contribution in [0.3, 0.4) is 0 Å². The molecule has 0 unspecified atom stereocenters. The molecule has 1 aromatic heterocycles. The largest absolute Gasteiger partial charge is 0.493 e. The highest BCUT2D eigenvalue weighted by molar-refractivity contribution is 5.92. The van der Waals surface area contributed by atoms with Crippen molar-refractivity contribution in [1.29, 1.82) is 0 Å². The first-order valence-electron chi connectivity index (χ1n) is 7.27. The highest BCUT2D eigenvalue weighted by Crippen LogP contribution is 2.27. The SMILES string of the molecule is CCOc1ccc(-c2ccnc(NC3CC3)n2)cc1C(=O)O. The lowest BCUT2D eigenvalue weighted by Gasteiger charge is -2.10. The Morgan fingerprint density at radius 1 is 1.41 bits per heavy atom. The number of hydrogen-bond donors (Lipinski definition) is 2. The van der Waals surface area contributed by atoms with Crippen LogP contribution in [0.25, 0.3) is 11.3 Å². The van der Waals surface area contributed by atoms with Crippen molar-refractivity contribution in [2.75, 3.05) is 11.9 Å². The van der Waals surface area contributed by atoms with E-state index in [1.54, 1.807) is 30.5 Å². The van der Waals surface area contributed by atoms with Crippen LogP contribution in [-0.4, -0.2) is 33.7 Å². The predicted octanol–water partition coefficient (Wildman–Crippen LogP) is 2.81.